The molecule has 0 N–H and O–H groups in total. The van der Waals surface area contributed by atoms with Gasteiger partial charge in [0.1, 0.15) is 0 Å². The number of benzene rings is 2. The zero-order valence-corrected chi connectivity index (χ0v) is 15.2. The van der Waals surface area contributed by atoms with Crippen LogP contribution in [0.1, 0.15) is 6.92 Å². The minimum atomic E-state index is -0.441. The largest absolute Gasteiger partial charge is 0.290 e. The minimum absolute atomic E-state index is 0.0370. The number of carbonyl (C=O) groups is 1. The fourth-order valence-corrected chi connectivity index (χ4v) is 4.16. The maximum atomic E-state index is 12.7. The molecule has 0 aliphatic carbocycles. The third kappa shape index (κ3) is 3.80. The summed E-state index contributed by atoms with van der Waals surface area (Å²) in [5.74, 6) is -0.0672. The topological polar surface area (TPSA) is 76.3 Å². The number of nitro benzene ring substituents is 1. The lowest BCUT2D eigenvalue weighted by Crippen LogP contribution is -2.33. The zero-order chi connectivity index (χ0) is 18.0. The molecule has 1 amide bonds. The molecule has 2 aromatic carbocycles. The first-order valence-corrected chi connectivity index (χ1v) is 9.19. The number of nitrogens with zero attached hydrogens (tertiary/aromatic N) is 3. The van der Waals surface area contributed by atoms with Crippen LogP contribution in [0.4, 0.5) is 10.8 Å². The molecule has 3 aromatic rings. The number of amides is 1. The van der Waals surface area contributed by atoms with E-state index in [1.54, 1.807) is 24.1 Å². The first kappa shape index (κ1) is 17.4. The van der Waals surface area contributed by atoms with Gasteiger partial charge in [0, 0.05) is 24.1 Å². The van der Waals surface area contributed by atoms with Crippen molar-refractivity contribution in [2.45, 2.75) is 17.1 Å². The highest BCUT2D eigenvalue weighted by molar-refractivity contribution is 8.00. The van der Waals surface area contributed by atoms with Crippen LogP contribution in [0.3, 0.4) is 0 Å². The number of carbonyl (C=O) groups excluding carboxylic acids is 1. The van der Waals surface area contributed by atoms with Gasteiger partial charge >= 0.3 is 0 Å². The van der Waals surface area contributed by atoms with Gasteiger partial charge in [-0.3, -0.25) is 19.8 Å². The monoisotopic (exact) mass is 373 g/mol. The Labute approximate surface area is 152 Å². The lowest BCUT2D eigenvalue weighted by atomic mass is 10.3. The van der Waals surface area contributed by atoms with Crippen molar-refractivity contribution in [3.63, 3.8) is 0 Å². The third-order valence-corrected chi connectivity index (χ3v) is 5.82. The Kier molecular flexibility index (Phi) is 5.00. The van der Waals surface area contributed by atoms with E-state index < -0.39 is 4.92 Å². The van der Waals surface area contributed by atoms with Gasteiger partial charge in [0.2, 0.25) is 5.91 Å². The molecule has 0 saturated heterocycles. The van der Waals surface area contributed by atoms with Gasteiger partial charge in [-0.25, -0.2) is 4.98 Å². The number of hydrogen-bond acceptors (Lipinski definition) is 6. The molecule has 8 heteroatoms. The Hall–Kier alpha value is -2.45. The van der Waals surface area contributed by atoms with Gasteiger partial charge in [-0.15, -0.1) is 11.8 Å². The lowest BCUT2D eigenvalue weighted by molar-refractivity contribution is -0.384. The van der Waals surface area contributed by atoms with Gasteiger partial charge in [0.25, 0.3) is 5.69 Å². The maximum absolute atomic E-state index is 12.7. The summed E-state index contributed by atoms with van der Waals surface area (Å²) in [6, 6.07) is 14.0. The summed E-state index contributed by atoms with van der Waals surface area (Å²) in [5, 5.41) is 11.0. The van der Waals surface area contributed by atoms with E-state index in [2.05, 4.69) is 4.98 Å². The molecule has 6 nitrogen and oxygen atoms in total. The summed E-state index contributed by atoms with van der Waals surface area (Å²) in [5.41, 5.74) is 0.910. The van der Waals surface area contributed by atoms with E-state index in [0.29, 0.717) is 5.13 Å². The molecule has 1 aromatic heterocycles. The van der Waals surface area contributed by atoms with Crippen molar-refractivity contribution >= 4 is 50.0 Å². The van der Waals surface area contributed by atoms with Crippen molar-refractivity contribution in [2.24, 2.45) is 0 Å². The smallest absolute Gasteiger partial charge is 0.269 e. The summed E-state index contributed by atoms with van der Waals surface area (Å²) < 4.78 is 1.04. The molecular formula is C17H15N3O3S2. The number of thioether (sulfide) groups is 1. The van der Waals surface area contributed by atoms with E-state index >= 15 is 0 Å². The highest BCUT2D eigenvalue weighted by Gasteiger charge is 2.22. The molecule has 1 unspecified atom stereocenters. The van der Waals surface area contributed by atoms with Gasteiger partial charge in [-0.1, -0.05) is 23.5 Å². The van der Waals surface area contributed by atoms with Gasteiger partial charge in [0.05, 0.1) is 20.4 Å². The number of aromatic nitrogens is 1. The number of non-ortho nitro benzene ring substituents is 1. The molecule has 3 rings (SSSR count). The van der Waals surface area contributed by atoms with E-state index in [4.69, 9.17) is 0 Å². The van der Waals surface area contributed by atoms with E-state index in [1.807, 2.05) is 31.2 Å². The molecule has 0 spiro atoms. The molecule has 25 heavy (non-hydrogen) atoms. The van der Waals surface area contributed by atoms with Crippen LogP contribution >= 0.6 is 23.1 Å². The average Bonchev–Trinajstić information content (AvgIpc) is 3.05. The minimum Gasteiger partial charge on any atom is -0.290 e. The molecule has 1 atom stereocenters. The normalized spacial score (nSPS) is 12.1. The summed E-state index contributed by atoms with van der Waals surface area (Å²) in [6.45, 7) is 1.82. The Morgan fingerprint density at radius 2 is 1.92 bits per heavy atom. The van der Waals surface area contributed by atoms with Crippen LogP contribution in [-0.4, -0.2) is 28.1 Å². The quantitative estimate of drug-likeness (QED) is 0.377. The molecule has 0 radical (unpaired) electrons. The number of anilines is 1. The Morgan fingerprint density at radius 3 is 2.56 bits per heavy atom. The number of fused-ring (bicyclic) bond motifs is 1. The van der Waals surface area contributed by atoms with Gasteiger partial charge < -0.3 is 0 Å². The summed E-state index contributed by atoms with van der Waals surface area (Å²) >= 11 is 2.84. The van der Waals surface area contributed by atoms with E-state index in [0.717, 1.165) is 15.1 Å². The summed E-state index contributed by atoms with van der Waals surface area (Å²) in [6.07, 6.45) is 0. The van der Waals surface area contributed by atoms with Crippen LogP contribution in [0.15, 0.2) is 53.4 Å². The zero-order valence-electron chi connectivity index (χ0n) is 13.6. The lowest BCUT2D eigenvalue weighted by Gasteiger charge is -2.18. The number of nitro groups is 1. The van der Waals surface area contributed by atoms with Crippen molar-refractivity contribution in [2.75, 3.05) is 11.9 Å². The van der Waals surface area contributed by atoms with Gasteiger partial charge in [-0.2, -0.15) is 0 Å². The Balaban J connectivity index is 1.71. The van der Waals surface area contributed by atoms with Crippen LogP contribution in [0.5, 0.6) is 0 Å². The van der Waals surface area contributed by atoms with Crippen molar-refractivity contribution in [3.05, 3.63) is 58.6 Å². The van der Waals surface area contributed by atoms with Crippen LogP contribution in [0.25, 0.3) is 10.2 Å². The van der Waals surface area contributed by atoms with Crippen LogP contribution < -0.4 is 4.90 Å². The fraction of sp³-hybridized carbons (Fsp3) is 0.176. The van der Waals surface area contributed by atoms with E-state index in [-0.39, 0.29) is 16.8 Å². The average molecular weight is 373 g/mol. The van der Waals surface area contributed by atoms with Gasteiger partial charge in [-0.05, 0) is 31.2 Å². The summed E-state index contributed by atoms with van der Waals surface area (Å²) in [4.78, 5) is 29.8. The van der Waals surface area contributed by atoms with Crippen molar-refractivity contribution in [1.29, 1.82) is 0 Å². The number of thiazole rings is 1. The number of hydrogen-bond donors (Lipinski definition) is 0. The highest BCUT2D eigenvalue weighted by atomic mass is 32.2. The highest BCUT2D eigenvalue weighted by Crippen LogP contribution is 2.31. The van der Waals surface area contributed by atoms with Crippen LogP contribution in [-0.2, 0) is 4.79 Å². The second kappa shape index (κ2) is 7.20. The standard InChI is InChI=1S/C17H15N3O3S2/c1-11(24-13-9-7-12(8-10-13)20(22)23)16(21)19(2)17-18-14-5-3-4-6-15(14)25-17/h3-11H,1-2H3. The van der Waals surface area contributed by atoms with Crippen molar-refractivity contribution < 1.29 is 9.72 Å². The molecule has 0 saturated carbocycles. The first-order valence-electron chi connectivity index (χ1n) is 7.50. The molecule has 0 fully saturated rings. The molecular weight excluding hydrogens is 358 g/mol. The van der Waals surface area contributed by atoms with E-state index in [9.17, 15) is 14.9 Å². The van der Waals surface area contributed by atoms with Gasteiger partial charge in [0.15, 0.2) is 5.13 Å². The molecule has 0 aliphatic rings. The van der Waals surface area contributed by atoms with Crippen molar-refractivity contribution in [3.8, 4) is 0 Å². The molecule has 128 valence electrons. The third-order valence-electron chi connectivity index (χ3n) is 3.61. The summed E-state index contributed by atoms with van der Waals surface area (Å²) in [7, 11) is 1.72. The number of rotatable bonds is 5. The second-order valence-electron chi connectivity index (χ2n) is 5.37. The van der Waals surface area contributed by atoms with Crippen LogP contribution in [0, 0.1) is 10.1 Å². The van der Waals surface area contributed by atoms with Crippen molar-refractivity contribution in [1.82, 2.24) is 4.98 Å². The second-order valence-corrected chi connectivity index (χ2v) is 7.80. The van der Waals surface area contributed by atoms with Crippen LogP contribution in [0.2, 0.25) is 0 Å². The predicted octanol–water partition coefficient (Wildman–Crippen LogP) is 4.35. The molecule has 1 heterocycles. The Morgan fingerprint density at radius 1 is 1.24 bits per heavy atom. The maximum Gasteiger partial charge on any atom is 0.269 e. The molecule has 0 bridgehead atoms. The molecule has 0 aliphatic heterocycles. The number of para-hydroxylation sites is 1. The predicted molar refractivity (Wildman–Crippen MR) is 101 cm³/mol. The fourth-order valence-electron chi connectivity index (χ4n) is 2.27. The SMILES string of the molecule is CC(Sc1ccc([N+](=O)[O-])cc1)C(=O)N(C)c1nc2ccccc2s1. The Bertz CT molecular complexity index is 891. The first-order chi connectivity index (χ1) is 12.0. The van der Waals surface area contributed by atoms with E-state index in [1.165, 1.54) is 35.2 Å².